The number of aromatic nitrogens is 1. The molecule has 1 fully saturated rings. The van der Waals surface area contributed by atoms with Crippen LogP contribution >= 0.6 is 11.8 Å². The number of nitrogens with one attached hydrogen (secondary N) is 1. The molecule has 1 aliphatic rings. The summed E-state index contributed by atoms with van der Waals surface area (Å²) in [4.78, 5) is 17.7. The first-order valence-electron chi connectivity index (χ1n) is 12.0. The predicted molar refractivity (Wildman–Crippen MR) is 150 cm³/mol. The van der Waals surface area contributed by atoms with Gasteiger partial charge in [-0.25, -0.2) is 9.38 Å². The quantitative estimate of drug-likeness (QED) is 0.271. The third-order valence-electron chi connectivity index (χ3n) is 6.16. The lowest BCUT2D eigenvalue weighted by Crippen LogP contribution is -2.19. The average Bonchev–Trinajstić information content (AvgIpc) is 3.41. The lowest BCUT2D eigenvalue weighted by molar-refractivity contribution is -0.115. The van der Waals surface area contributed by atoms with Gasteiger partial charge in [0.05, 0.1) is 17.7 Å². The lowest BCUT2D eigenvalue weighted by atomic mass is 10.2. The highest BCUT2D eigenvalue weighted by Gasteiger charge is 2.24. The summed E-state index contributed by atoms with van der Waals surface area (Å²) in [5, 5.41) is 3.37. The molecule has 0 spiro atoms. The summed E-state index contributed by atoms with van der Waals surface area (Å²) < 4.78 is 26.9. The monoisotopic (exact) mass is 527 g/mol. The summed E-state index contributed by atoms with van der Waals surface area (Å²) in [5.41, 5.74) is 5.19. The zero-order valence-corrected chi connectivity index (χ0v) is 22.0. The SMILES string of the molecule is COc1ccc(N=C2NC(=O)/C(=C\c3cc(C)n(-c4ccc(OCc5ccccc5F)cc4)c3C)S2)cc1. The van der Waals surface area contributed by atoms with E-state index in [-0.39, 0.29) is 18.3 Å². The number of hydrogen-bond acceptors (Lipinski definition) is 5. The second-order valence-corrected chi connectivity index (χ2v) is 9.75. The van der Waals surface area contributed by atoms with Crippen molar-refractivity contribution >= 4 is 34.6 Å². The van der Waals surface area contributed by atoms with Crippen LogP contribution in [-0.2, 0) is 11.4 Å². The summed E-state index contributed by atoms with van der Waals surface area (Å²) >= 11 is 1.31. The molecule has 1 aliphatic heterocycles. The maximum Gasteiger partial charge on any atom is 0.264 e. The van der Waals surface area contributed by atoms with Crippen molar-refractivity contribution < 1.29 is 18.7 Å². The molecule has 6 nitrogen and oxygen atoms in total. The molecule has 1 N–H and O–H groups in total. The Bertz CT molecular complexity index is 1540. The fraction of sp³-hybridized carbons (Fsp3) is 0.133. The van der Waals surface area contributed by atoms with Crippen molar-refractivity contribution in [2.24, 2.45) is 4.99 Å². The minimum Gasteiger partial charge on any atom is -0.497 e. The average molecular weight is 528 g/mol. The van der Waals surface area contributed by atoms with Crippen molar-refractivity contribution in [2.45, 2.75) is 20.5 Å². The van der Waals surface area contributed by atoms with E-state index in [0.29, 0.717) is 21.4 Å². The van der Waals surface area contributed by atoms with Crippen molar-refractivity contribution in [3.63, 3.8) is 0 Å². The molecule has 0 bridgehead atoms. The van der Waals surface area contributed by atoms with E-state index in [1.165, 1.54) is 17.8 Å². The van der Waals surface area contributed by atoms with Crippen molar-refractivity contribution in [2.75, 3.05) is 7.11 Å². The van der Waals surface area contributed by atoms with Crippen LogP contribution in [0.3, 0.4) is 0 Å². The Morgan fingerprint density at radius 2 is 1.71 bits per heavy atom. The van der Waals surface area contributed by atoms with Gasteiger partial charge in [0, 0.05) is 22.6 Å². The number of aryl methyl sites for hydroxylation is 1. The van der Waals surface area contributed by atoms with E-state index in [9.17, 15) is 9.18 Å². The highest BCUT2D eigenvalue weighted by Crippen LogP contribution is 2.31. The van der Waals surface area contributed by atoms with Gasteiger partial charge in [-0.2, -0.15) is 0 Å². The van der Waals surface area contributed by atoms with Gasteiger partial charge < -0.3 is 19.4 Å². The van der Waals surface area contributed by atoms with Gasteiger partial charge in [-0.15, -0.1) is 0 Å². The molecular weight excluding hydrogens is 501 g/mol. The molecule has 0 unspecified atom stereocenters. The zero-order valence-electron chi connectivity index (χ0n) is 21.2. The normalized spacial score (nSPS) is 15.2. The Balaban J connectivity index is 1.31. The molecule has 0 atom stereocenters. The molecule has 192 valence electrons. The third kappa shape index (κ3) is 5.50. The van der Waals surface area contributed by atoms with Crippen molar-refractivity contribution in [3.8, 4) is 17.2 Å². The fourth-order valence-corrected chi connectivity index (χ4v) is 5.03. The van der Waals surface area contributed by atoms with Crippen molar-refractivity contribution in [3.05, 3.63) is 112 Å². The molecule has 38 heavy (non-hydrogen) atoms. The molecule has 1 amide bonds. The smallest absolute Gasteiger partial charge is 0.264 e. The summed E-state index contributed by atoms with van der Waals surface area (Å²) in [6.07, 6.45) is 1.89. The number of carbonyl (C=O) groups excluding carboxylic acids is 1. The predicted octanol–water partition coefficient (Wildman–Crippen LogP) is 6.71. The third-order valence-corrected chi connectivity index (χ3v) is 7.07. The number of rotatable bonds is 7. The molecule has 0 saturated carbocycles. The van der Waals surface area contributed by atoms with Crippen LogP contribution in [-0.4, -0.2) is 22.8 Å². The minimum absolute atomic E-state index is 0.162. The Morgan fingerprint density at radius 1 is 1.00 bits per heavy atom. The number of aliphatic imine (C=N–C) groups is 1. The van der Waals surface area contributed by atoms with Crippen LogP contribution in [0.4, 0.5) is 10.1 Å². The Kier molecular flexibility index (Phi) is 7.33. The molecule has 8 heteroatoms. The van der Waals surface area contributed by atoms with Gasteiger partial charge in [-0.3, -0.25) is 4.79 Å². The molecule has 4 aromatic rings. The van der Waals surface area contributed by atoms with E-state index in [0.717, 1.165) is 34.1 Å². The maximum absolute atomic E-state index is 13.9. The van der Waals surface area contributed by atoms with Crippen LogP contribution in [0, 0.1) is 19.7 Å². The van der Waals surface area contributed by atoms with Crippen LogP contribution in [0.25, 0.3) is 11.8 Å². The largest absolute Gasteiger partial charge is 0.497 e. The van der Waals surface area contributed by atoms with E-state index in [2.05, 4.69) is 20.9 Å². The second kappa shape index (κ2) is 11.0. The molecule has 0 aliphatic carbocycles. The number of methoxy groups -OCH3 is 1. The number of ether oxygens (including phenoxy) is 2. The molecule has 1 saturated heterocycles. The highest BCUT2D eigenvalue weighted by molar-refractivity contribution is 8.18. The molecule has 5 rings (SSSR count). The number of thioether (sulfide) groups is 1. The van der Waals surface area contributed by atoms with Gasteiger partial charge >= 0.3 is 0 Å². The van der Waals surface area contributed by atoms with E-state index in [1.807, 2.05) is 68.5 Å². The van der Waals surface area contributed by atoms with Crippen LogP contribution in [0.5, 0.6) is 11.5 Å². The van der Waals surface area contributed by atoms with E-state index in [4.69, 9.17) is 9.47 Å². The summed E-state index contributed by atoms with van der Waals surface area (Å²) in [7, 11) is 1.61. The first-order chi connectivity index (χ1) is 18.4. The molecular formula is C30H26FN3O3S. The van der Waals surface area contributed by atoms with Crippen LogP contribution < -0.4 is 14.8 Å². The van der Waals surface area contributed by atoms with Gasteiger partial charge in [0.25, 0.3) is 5.91 Å². The summed E-state index contributed by atoms with van der Waals surface area (Å²) in [6.45, 7) is 4.21. The molecule has 2 heterocycles. The fourth-order valence-electron chi connectivity index (χ4n) is 4.19. The van der Waals surface area contributed by atoms with Crippen LogP contribution in [0.2, 0.25) is 0 Å². The molecule has 1 aromatic heterocycles. The number of amidine groups is 1. The van der Waals surface area contributed by atoms with Gasteiger partial charge in [0.15, 0.2) is 5.17 Å². The number of halogens is 1. The number of amides is 1. The first kappa shape index (κ1) is 25.4. The standard InChI is InChI=1S/C30H26FN3O3S/c1-19-16-22(17-28-29(35)33-30(38-28)32-23-8-12-25(36-3)13-9-23)20(2)34(19)24-10-14-26(15-11-24)37-18-21-6-4-5-7-27(21)31/h4-17H,18H2,1-3H3,(H,32,33,35)/b28-17+. The highest BCUT2D eigenvalue weighted by atomic mass is 32.2. The van der Waals surface area contributed by atoms with E-state index < -0.39 is 0 Å². The Morgan fingerprint density at radius 3 is 2.42 bits per heavy atom. The summed E-state index contributed by atoms with van der Waals surface area (Å²) in [5.74, 6) is 0.947. The Labute approximate surface area is 224 Å². The zero-order chi connectivity index (χ0) is 26.6. The topological polar surface area (TPSA) is 64.8 Å². The van der Waals surface area contributed by atoms with Crippen molar-refractivity contribution in [1.82, 2.24) is 9.88 Å². The lowest BCUT2D eigenvalue weighted by Gasteiger charge is -2.12. The van der Waals surface area contributed by atoms with Crippen molar-refractivity contribution in [1.29, 1.82) is 0 Å². The Hall–Kier alpha value is -4.30. The minimum atomic E-state index is -0.280. The maximum atomic E-state index is 13.9. The van der Waals surface area contributed by atoms with Gasteiger partial charge in [-0.05, 0) is 97.9 Å². The summed E-state index contributed by atoms with van der Waals surface area (Å²) in [6, 6.07) is 23.6. The van der Waals surface area contributed by atoms with Crippen LogP contribution in [0.1, 0.15) is 22.5 Å². The van der Waals surface area contributed by atoms with E-state index >= 15 is 0 Å². The molecule has 0 radical (unpaired) electrons. The molecule has 3 aromatic carbocycles. The number of benzene rings is 3. The van der Waals surface area contributed by atoms with Gasteiger partial charge in [0.2, 0.25) is 0 Å². The number of carbonyl (C=O) groups is 1. The van der Waals surface area contributed by atoms with Gasteiger partial charge in [-0.1, -0.05) is 18.2 Å². The van der Waals surface area contributed by atoms with Gasteiger partial charge in [0.1, 0.15) is 23.9 Å². The van der Waals surface area contributed by atoms with E-state index in [1.54, 1.807) is 25.3 Å². The number of hydrogen-bond donors (Lipinski definition) is 1. The van der Waals surface area contributed by atoms with Crippen LogP contribution in [0.15, 0.2) is 88.8 Å². The first-order valence-corrected chi connectivity index (χ1v) is 12.8. The number of nitrogens with zero attached hydrogens (tertiary/aromatic N) is 2. The second-order valence-electron chi connectivity index (χ2n) is 8.72.